The first-order valence-electron chi connectivity index (χ1n) is 3.03. The van der Waals surface area contributed by atoms with E-state index in [-0.39, 0.29) is 4.21 Å². The van der Waals surface area contributed by atoms with Crippen molar-refractivity contribution in [3.63, 3.8) is 0 Å². The fourth-order valence-corrected chi connectivity index (χ4v) is 3.17. The van der Waals surface area contributed by atoms with Gasteiger partial charge in [-0.2, -0.15) is 0 Å². The first-order valence-corrected chi connectivity index (χ1v) is 6.22. The molecule has 66 valence electrons. The molecule has 0 unspecified atom stereocenters. The van der Waals surface area contributed by atoms with Gasteiger partial charge in [0.05, 0.1) is 7.11 Å². The van der Waals surface area contributed by atoms with Crippen LogP contribution in [0.4, 0.5) is 0 Å². The molecule has 0 atom stereocenters. The van der Waals surface area contributed by atoms with Crippen LogP contribution < -0.4 is 10.2 Å². The molecular weight excluding hydrogens is 218 g/mol. The maximum Gasteiger partial charge on any atom is 0.274 e. The highest BCUT2D eigenvalue weighted by Crippen LogP contribution is 2.29. The number of hydrogen-bond donors (Lipinski definition) is 0. The summed E-state index contributed by atoms with van der Waals surface area (Å²) in [7, 11) is 4.68. The number of ether oxygens (including phenoxy) is 1. The molecule has 0 aromatic carbocycles. The Morgan fingerprint density at radius 2 is 2.25 bits per heavy atom. The van der Waals surface area contributed by atoms with E-state index in [0.29, 0.717) is 5.75 Å². The zero-order chi connectivity index (χ0) is 9.35. The minimum atomic E-state index is -3.66. The Balaban J connectivity index is 3.36. The molecular formula is C5H6BClO3S2. The maximum atomic E-state index is 10.9. The minimum Gasteiger partial charge on any atom is -0.495 e. The molecule has 0 aliphatic carbocycles. The normalized spacial score (nSPS) is 11.5. The van der Waals surface area contributed by atoms with E-state index in [0.717, 1.165) is 16.8 Å². The lowest BCUT2D eigenvalue weighted by molar-refractivity contribution is 0.410. The van der Waals surface area contributed by atoms with Gasteiger partial charge in [0.25, 0.3) is 9.05 Å². The molecule has 0 N–H and O–H groups in total. The van der Waals surface area contributed by atoms with E-state index in [2.05, 4.69) is 0 Å². The standard InChI is InChI=1S/C5H6BClO3S2/c1-10-4-3(6)2-11-5(4)12(7,8)9/h2H,6H2,1H3. The zero-order valence-corrected chi connectivity index (χ0v) is 8.89. The summed E-state index contributed by atoms with van der Waals surface area (Å²) in [5.74, 6) is 0.343. The molecule has 0 amide bonds. The van der Waals surface area contributed by atoms with Crippen LogP contribution in [0.1, 0.15) is 0 Å². The Bertz CT molecular complexity index is 383. The first kappa shape index (κ1) is 9.89. The summed E-state index contributed by atoms with van der Waals surface area (Å²) in [5, 5.41) is 1.69. The fraction of sp³-hybridized carbons (Fsp3) is 0.200. The number of methoxy groups -OCH3 is 1. The second-order valence-electron chi connectivity index (χ2n) is 2.18. The third-order valence-corrected chi connectivity index (χ3v) is 4.50. The van der Waals surface area contributed by atoms with E-state index in [4.69, 9.17) is 15.4 Å². The van der Waals surface area contributed by atoms with Crippen molar-refractivity contribution in [2.75, 3.05) is 7.11 Å². The zero-order valence-electron chi connectivity index (χ0n) is 6.50. The molecule has 0 fully saturated rings. The second kappa shape index (κ2) is 3.28. The van der Waals surface area contributed by atoms with Gasteiger partial charge in [-0.25, -0.2) is 8.42 Å². The monoisotopic (exact) mass is 224 g/mol. The molecule has 1 heterocycles. The Labute approximate surface area is 80.1 Å². The van der Waals surface area contributed by atoms with Crippen LogP contribution >= 0.6 is 22.0 Å². The topological polar surface area (TPSA) is 43.4 Å². The van der Waals surface area contributed by atoms with Crippen molar-refractivity contribution in [3.8, 4) is 5.75 Å². The molecule has 0 saturated heterocycles. The van der Waals surface area contributed by atoms with E-state index in [1.165, 1.54) is 7.11 Å². The summed E-state index contributed by atoms with van der Waals surface area (Å²) in [6, 6.07) is 0. The molecule has 1 rings (SSSR count). The minimum absolute atomic E-state index is 0.0733. The van der Waals surface area contributed by atoms with Crippen molar-refractivity contribution < 1.29 is 13.2 Å². The second-order valence-corrected chi connectivity index (χ2v) is 5.82. The van der Waals surface area contributed by atoms with Gasteiger partial charge in [-0.15, -0.1) is 11.3 Å². The SMILES string of the molecule is Bc1csc(S(=O)(=O)Cl)c1OC. The molecule has 0 radical (unpaired) electrons. The van der Waals surface area contributed by atoms with Crippen molar-refractivity contribution in [3.05, 3.63) is 5.38 Å². The Kier molecular flexibility index (Phi) is 2.70. The smallest absolute Gasteiger partial charge is 0.274 e. The largest absolute Gasteiger partial charge is 0.495 e. The number of hydrogen-bond acceptors (Lipinski definition) is 4. The highest BCUT2D eigenvalue weighted by atomic mass is 35.7. The molecule has 1 aromatic heterocycles. The van der Waals surface area contributed by atoms with E-state index in [1.807, 2.05) is 0 Å². The highest BCUT2D eigenvalue weighted by molar-refractivity contribution is 8.15. The Morgan fingerprint density at radius 1 is 1.67 bits per heavy atom. The first-order chi connectivity index (χ1) is 5.46. The van der Waals surface area contributed by atoms with E-state index in [1.54, 1.807) is 13.2 Å². The predicted octanol–water partition coefficient (Wildman–Crippen LogP) is -0.0574. The summed E-state index contributed by atoms with van der Waals surface area (Å²) < 4.78 is 26.8. The predicted molar refractivity (Wildman–Crippen MR) is 52.1 cm³/mol. The number of halogens is 1. The van der Waals surface area contributed by atoms with Crippen LogP contribution in [-0.4, -0.2) is 23.4 Å². The van der Waals surface area contributed by atoms with Crippen LogP contribution in [0.25, 0.3) is 0 Å². The summed E-state index contributed by atoms with van der Waals surface area (Å²) in [6.07, 6.45) is 0. The Hall–Kier alpha value is -0.195. The van der Waals surface area contributed by atoms with Crippen LogP contribution in [0.5, 0.6) is 5.75 Å². The van der Waals surface area contributed by atoms with Crippen LogP contribution in [0.3, 0.4) is 0 Å². The van der Waals surface area contributed by atoms with Gasteiger partial charge in [-0.3, -0.25) is 0 Å². The van der Waals surface area contributed by atoms with E-state index < -0.39 is 9.05 Å². The fourth-order valence-electron chi connectivity index (χ4n) is 0.822. The molecule has 0 bridgehead atoms. The van der Waals surface area contributed by atoms with Crippen LogP contribution in [0, 0.1) is 0 Å². The van der Waals surface area contributed by atoms with Gasteiger partial charge >= 0.3 is 0 Å². The van der Waals surface area contributed by atoms with E-state index in [9.17, 15) is 8.42 Å². The van der Waals surface area contributed by atoms with Crippen molar-refractivity contribution in [2.45, 2.75) is 4.21 Å². The van der Waals surface area contributed by atoms with Gasteiger partial charge in [0.2, 0.25) is 0 Å². The van der Waals surface area contributed by atoms with Gasteiger partial charge in [0.15, 0.2) is 4.21 Å². The molecule has 7 heteroatoms. The summed E-state index contributed by atoms with van der Waals surface area (Å²) in [6.45, 7) is 0. The molecule has 0 aliphatic heterocycles. The van der Waals surface area contributed by atoms with Crippen LogP contribution in [0.2, 0.25) is 0 Å². The number of rotatable bonds is 2. The highest BCUT2D eigenvalue weighted by Gasteiger charge is 2.20. The third-order valence-electron chi connectivity index (χ3n) is 1.31. The average Bonchev–Trinajstić information content (AvgIpc) is 2.29. The van der Waals surface area contributed by atoms with Crippen LogP contribution in [-0.2, 0) is 9.05 Å². The Morgan fingerprint density at radius 3 is 2.58 bits per heavy atom. The maximum absolute atomic E-state index is 10.9. The van der Waals surface area contributed by atoms with Gasteiger partial charge < -0.3 is 4.74 Å². The van der Waals surface area contributed by atoms with E-state index >= 15 is 0 Å². The molecule has 1 aromatic rings. The van der Waals surface area contributed by atoms with Gasteiger partial charge in [0.1, 0.15) is 13.6 Å². The molecule has 0 spiro atoms. The van der Waals surface area contributed by atoms with Gasteiger partial charge in [0, 0.05) is 10.7 Å². The van der Waals surface area contributed by atoms with Crippen molar-refractivity contribution >= 4 is 44.4 Å². The quantitative estimate of drug-likeness (QED) is 0.522. The molecule has 0 saturated carbocycles. The van der Waals surface area contributed by atoms with Crippen molar-refractivity contribution in [1.82, 2.24) is 0 Å². The van der Waals surface area contributed by atoms with Crippen molar-refractivity contribution in [2.24, 2.45) is 0 Å². The average molecular weight is 224 g/mol. The lowest BCUT2D eigenvalue weighted by Crippen LogP contribution is -2.04. The summed E-state index contributed by atoms with van der Waals surface area (Å²) in [5.41, 5.74) is 0.779. The third kappa shape index (κ3) is 1.76. The lowest BCUT2D eigenvalue weighted by atomic mass is 10.0. The van der Waals surface area contributed by atoms with Crippen molar-refractivity contribution in [1.29, 1.82) is 0 Å². The van der Waals surface area contributed by atoms with Crippen LogP contribution in [0.15, 0.2) is 9.59 Å². The summed E-state index contributed by atoms with van der Waals surface area (Å²) >= 11 is 1.06. The molecule has 12 heavy (non-hydrogen) atoms. The number of thiophene rings is 1. The lowest BCUT2D eigenvalue weighted by Gasteiger charge is -1.99. The van der Waals surface area contributed by atoms with Gasteiger partial charge in [-0.1, -0.05) is 0 Å². The summed E-state index contributed by atoms with van der Waals surface area (Å²) in [4.78, 5) is 0. The molecule has 0 aliphatic rings. The molecule has 3 nitrogen and oxygen atoms in total. The van der Waals surface area contributed by atoms with Gasteiger partial charge in [-0.05, 0) is 10.8 Å².